The van der Waals surface area contributed by atoms with E-state index < -0.39 is 0 Å². The highest BCUT2D eigenvalue weighted by Gasteiger charge is 2.30. The molecule has 0 N–H and O–H groups in total. The highest BCUT2D eigenvalue weighted by Crippen LogP contribution is 2.52. The van der Waals surface area contributed by atoms with E-state index >= 15 is 0 Å². The molecule has 0 unspecified atom stereocenters. The second-order valence-corrected chi connectivity index (χ2v) is 12.0. The molecule has 4 heteroatoms. The molecule has 2 heterocycles. The first-order valence-electron chi connectivity index (χ1n) is 15.8. The van der Waals surface area contributed by atoms with Crippen molar-refractivity contribution >= 4 is 49.8 Å². The van der Waals surface area contributed by atoms with Crippen molar-refractivity contribution in [3.63, 3.8) is 0 Å². The zero-order valence-corrected chi connectivity index (χ0v) is 25.2. The second kappa shape index (κ2) is 10.1. The molecule has 7 aromatic carbocycles. The number of para-hydroxylation sites is 1. The summed E-state index contributed by atoms with van der Waals surface area (Å²) in [7, 11) is 0. The van der Waals surface area contributed by atoms with Crippen LogP contribution in [-0.4, -0.2) is 4.98 Å². The Hall–Kier alpha value is -6.39. The van der Waals surface area contributed by atoms with Crippen molar-refractivity contribution in [1.82, 2.24) is 4.98 Å². The van der Waals surface area contributed by atoms with E-state index in [1.54, 1.807) is 0 Å². The first-order valence-corrected chi connectivity index (χ1v) is 15.8. The van der Waals surface area contributed by atoms with Crippen molar-refractivity contribution in [3.8, 4) is 45.2 Å². The van der Waals surface area contributed by atoms with Crippen LogP contribution in [0.1, 0.15) is 0 Å². The molecule has 0 saturated heterocycles. The first-order chi connectivity index (χ1) is 23.3. The third-order valence-electron chi connectivity index (χ3n) is 9.26. The number of fused-ring (bicyclic) bond motifs is 6. The number of rotatable bonds is 5. The Balaban J connectivity index is 1.16. The third kappa shape index (κ3) is 3.98. The highest BCUT2D eigenvalue weighted by molar-refractivity contribution is 6.18. The summed E-state index contributed by atoms with van der Waals surface area (Å²) in [6.07, 6.45) is 0. The van der Waals surface area contributed by atoms with Crippen LogP contribution in [0.3, 0.4) is 0 Å². The Morgan fingerprint density at radius 2 is 1.13 bits per heavy atom. The first kappa shape index (κ1) is 25.9. The van der Waals surface area contributed by atoms with Crippen LogP contribution >= 0.6 is 0 Å². The molecule has 0 radical (unpaired) electrons. The van der Waals surface area contributed by atoms with Gasteiger partial charge in [0.2, 0.25) is 5.89 Å². The lowest BCUT2D eigenvalue weighted by Crippen LogP contribution is -2.10. The summed E-state index contributed by atoms with van der Waals surface area (Å²) < 4.78 is 12.8. The zero-order valence-electron chi connectivity index (χ0n) is 25.2. The maximum absolute atomic E-state index is 6.45. The van der Waals surface area contributed by atoms with Gasteiger partial charge in [0, 0.05) is 55.7 Å². The number of oxazole rings is 1. The molecule has 0 spiro atoms. The summed E-state index contributed by atoms with van der Waals surface area (Å²) in [6, 6.07) is 55.0. The lowest BCUT2D eigenvalue weighted by molar-refractivity contribution is 0.590. The molecule has 1 aliphatic rings. The number of anilines is 3. The van der Waals surface area contributed by atoms with E-state index in [2.05, 4.69) is 114 Å². The van der Waals surface area contributed by atoms with Crippen LogP contribution < -0.4 is 4.90 Å². The Morgan fingerprint density at radius 1 is 0.447 bits per heavy atom. The highest BCUT2D eigenvalue weighted by atomic mass is 16.4. The van der Waals surface area contributed by atoms with Gasteiger partial charge in [-0.05, 0) is 65.7 Å². The number of hydrogen-bond acceptors (Lipinski definition) is 4. The molecule has 2 aromatic heterocycles. The molecular formula is C43H26N2O2. The number of aromatic nitrogens is 1. The molecule has 0 bridgehead atoms. The maximum atomic E-state index is 6.45. The van der Waals surface area contributed by atoms with Gasteiger partial charge in [-0.1, -0.05) is 97.1 Å². The predicted octanol–water partition coefficient (Wildman–Crippen LogP) is 12.2. The van der Waals surface area contributed by atoms with Gasteiger partial charge >= 0.3 is 0 Å². The van der Waals surface area contributed by atoms with E-state index in [9.17, 15) is 0 Å². The van der Waals surface area contributed by atoms with Crippen LogP contribution in [0, 0.1) is 0 Å². The zero-order chi connectivity index (χ0) is 30.9. The molecule has 0 atom stereocenters. The lowest BCUT2D eigenvalue weighted by atomic mass is 10.00. The average molecular weight is 603 g/mol. The predicted molar refractivity (Wildman–Crippen MR) is 191 cm³/mol. The maximum Gasteiger partial charge on any atom is 0.227 e. The standard InChI is InChI=1S/C43H26N2O2/c1-3-10-27(11-4-1)28-18-20-30(21-19-28)45(31-22-23-33-32-14-7-8-17-38(32)46-39(33)26-31)37-25-24-36-40-34(37)15-9-16-35(40)41-42(36)47-43(44-41)29-12-5-2-6-13-29/h1-26H. The molecule has 0 saturated carbocycles. The van der Waals surface area contributed by atoms with Gasteiger partial charge in [-0.25, -0.2) is 4.98 Å². The lowest BCUT2D eigenvalue weighted by Gasteiger charge is -2.27. The van der Waals surface area contributed by atoms with Gasteiger partial charge in [0.15, 0.2) is 5.76 Å². The van der Waals surface area contributed by atoms with E-state index in [0.29, 0.717) is 5.89 Å². The van der Waals surface area contributed by atoms with Crippen LogP contribution in [0.15, 0.2) is 167 Å². The fourth-order valence-electron chi connectivity index (χ4n) is 7.08. The normalized spacial score (nSPS) is 11.8. The summed E-state index contributed by atoms with van der Waals surface area (Å²) >= 11 is 0. The SMILES string of the molecule is c1ccc(-c2ccc(N(c3ccc4c(c3)oc3ccccc34)c3ccc4c5c(cccc35)-c3nc(-c5ccccc5)oc3-4)cc2)cc1. The van der Waals surface area contributed by atoms with Gasteiger partial charge in [0.25, 0.3) is 0 Å². The van der Waals surface area contributed by atoms with E-state index in [0.717, 1.165) is 77.9 Å². The molecule has 220 valence electrons. The van der Waals surface area contributed by atoms with Crippen molar-refractivity contribution in [2.45, 2.75) is 0 Å². The molecule has 0 aliphatic heterocycles. The van der Waals surface area contributed by atoms with Crippen molar-refractivity contribution in [2.75, 3.05) is 4.90 Å². The van der Waals surface area contributed by atoms with Gasteiger partial charge in [-0.2, -0.15) is 0 Å². The van der Waals surface area contributed by atoms with Crippen LogP contribution in [-0.2, 0) is 0 Å². The molecule has 9 aromatic rings. The van der Waals surface area contributed by atoms with E-state index in [1.165, 1.54) is 11.1 Å². The van der Waals surface area contributed by atoms with Crippen molar-refractivity contribution in [3.05, 3.63) is 158 Å². The molecule has 0 amide bonds. The second-order valence-electron chi connectivity index (χ2n) is 12.0. The minimum absolute atomic E-state index is 0.640. The molecule has 4 nitrogen and oxygen atoms in total. The van der Waals surface area contributed by atoms with E-state index in [1.807, 2.05) is 48.5 Å². The van der Waals surface area contributed by atoms with E-state index in [4.69, 9.17) is 13.8 Å². The Kier molecular flexibility index (Phi) is 5.54. The number of benzene rings is 7. The largest absolute Gasteiger partial charge is 0.456 e. The summed E-state index contributed by atoms with van der Waals surface area (Å²) in [6.45, 7) is 0. The quantitative estimate of drug-likeness (QED) is 0.197. The van der Waals surface area contributed by atoms with Gasteiger partial charge in [-0.3, -0.25) is 0 Å². The molecule has 0 fully saturated rings. The number of hydrogen-bond donors (Lipinski definition) is 0. The van der Waals surface area contributed by atoms with Crippen LogP contribution in [0.5, 0.6) is 0 Å². The van der Waals surface area contributed by atoms with Gasteiger partial charge in [0.1, 0.15) is 16.9 Å². The molecule has 1 aliphatic carbocycles. The third-order valence-corrected chi connectivity index (χ3v) is 9.26. The fourth-order valence-corrected chi connectivity index (χ4v) is 7.08. The Labute approximate surface area is 270 Å². The fraction of sp³-hybridized carbons (Fsp3) is 0. The molecular weight excluding hydrogens is 576 g/mol. The van der Waals surface area contributed by atoms with Crippen LogP contribution in [0.25, 0.3) is 77.9 Å². The summed E-state index contributed by atoms with van der Waals surface area (Å²) in [4.78, 5) is 7.32. The average Bonchev–Trinajstić information content (AvgIpc) is 3.82. The Bertz CT molecular complexity index is 2590. The number of nitrogens with zero attached hydrogens (tertiary/aromatic N) is 2. The van der Waals surface area contributed by atoms with Crippen molar-refractivity contribution < 1.29 is 8.83 Å². The van der Waals surface area contributed by atoms with Crippen LogP contribution in [0.2, 0.25) is 0 Å². The minimum Gasteiger partial charge on any atom is -0.456 e. The topological polar surface area (TPSA) is 42.4 Å². The van der Waals surface area contributed by atoms with E-state index in [-0.39, 0.29) is 0 Å². The Morgan fingerprint density at radius 3 is 1.96 bits per heavy atom. The van der Waals surface area contributed by atoms with Crippen molar-refractivity contribution in [1.29, 1.82) is 0 Å². The molecule has 47 heavy (non-hydrogen) atoms. The van der Waals surface area contributed by atoms with Crippen LogP contribution in [0.4, 0.5) is 17.1 Å². The minimum atomic E-state index is 0.640. The van der Waals surface area contributed by atoms with Gasteiger partial charge in [0.05, 0.1) is 5.69 Å². The monoisotopic (exact) mass is 602 g/mol. The summed E-state index contributed by atoms with van der Waals surface area (Å²) in [5.74, 6) is 1.46. The smallest absolute Gasteiger partial charge is 0.227 e. The van der Waals surface area contributed by atoms with Gasteiger partial charge < -0.3 is 13.7 Å². The van der Waals surface area contributed by atoms with Crippen molar-refractivity contribution in [2.24, 2.45) is 0 Å². The van der Waals surface area contributed by atoms with Gasteiger partial charge in [-0.15, -0.1) is 0 Å². The summed E-state index contributed by atoms with van der Waals surface area (Å²) in [5, 5.41) is 4.51. The molecule has 10 rings (SSSR count). The summed E-state index contributed by atoms with van der Waals surface area (Å²) in [5.41, 5.74) is 11.3. The number of furan rings is 1.